The van der Waals surface area contributed by atoms with Gasteiger partial charge >= 0.3 is 12.0 Å². The first-order valence-electron chi connectivity index (χ1n) is 5.24. The molecule has 0 atom stereocenters. The Hall–Kier alpha value is -1.98. The number of urea groups is 1. The van der Waals surface area contributed by atoms with E-state index in [1.165, 1.54) is 4.90 Å². The van der Waals surface area contributed by atoms with Gasteiger partial charge in [0.2, 0.25) is 0 Å². The number of rotatable bonds is 5. The van der Waals surface area contributed by atoms with Crippen LogP contribution in [0.2, 0.25) is 0 Å². The summed E-state index contributed by atoms with van der Waals surface area (Å²) in [6.07, 6.45) is 1.49. The topological polar surface area (TPSA) is 82.8 Å². The molecule has 0 fully saturated rings. The molecule has 0 aromatic carbocycles. The minimum atomic E-state index is -0.925. The van der Waals surface area contributed by atoms with Crippen LogP contribution >= 0.6 is 0 Å². The Morgan fingerprint density at radius 3 is 2.76 bits per heavy atom. The second-order valence-corrected chi connectivity index (χ2v) is 3.75. The quantitative estimate of drug-likeness (QED) is 0.810. The van der Waals surface area contributed by atoms with Gasteiger partial charge in [-0.1, -0.05) is 0 Å². The first kappa shape index (κ1) is 13.1. The van der Waals surface area contributed by atoms with Gasteiger partial charge in [0.15, 0.2) is 0 Å². The van der Waals surface area contributed by atoms with Crippen molar-refractivity contribution in [3.8, 4) is 0 Å². The number of carbonyl (C=O) groups is 2. The van der Waals surface area contributed by atoms with Crippen molar-refractivity contribution in [1.29, 1.82) is 0 Å². The van der Waals surface area contributed by atoms with Crippen LogP contribution in [0.4, 0.5) is 4.79 Å². The van der Waals surface area contributed by atoms with Crippen LogP contribution in [0.3, 0.4) is 0 Å². The Bertz CT molecular complexity index is 400. The molecule has 0 radical (unpaired) electrons. The molecule has 1 rings (SSSR count). The van der Waals surface area contributed by atoms with Crippen molar-refractivity contribution in [2.75, 3.05) is 13.6 Å². The summed E-state index contributed by atoms with van der Waals surface area (Å²) in [6.45, 7) is 2.37. The number of carboxylic acid groups (broad SMARTS) is 1. The summed E-state index contributed by atoms with van der Waals surface area (Å²) in [5.41, 5.74) is 0.971. The van der Waals surface area contributed by atoms with Gasteiger partial charge in [0.05, 0.1) is 19.2 Å². The molecule has 0 saturated carbocycles. The summed E-state index contributed by atoms with van der Waals surface area (Å²) in [4.78, 5) is 23.2. The molecule has 0 aliphatic heterocycles. The van der Waals surface area contributed by atoms with Crippen LogP contribution in [0, 0.1) is 6.92 Å². The molecule has 6 nitrogen and oxygen atoms in total. The lowest BCUT2D eigenvalue weighted by molar-refractivity contribution is -0.137. The van der Waals surface area contributed by atoms with E-state index in [-0.39, 0.29) is 19.0 Å². The molecule has 0 bridgehead atoms. The lowest BCUT2D eigenvalue weighted by Gasteiger charge is -2.16. The number of nitrogens with zero attached hydrogens (tertiary/aromatic N) is 1. The van der Waals surface area contributed by atoms with Gasteiger partial charge in [-0.05, 0) is 18.6 Å². The van der Waals surface area contributed by atoms with Crippen LogP contribution in [0.25, 0.3) is 0 Å². The van der Waals surface area contributed by atoms with Crippen molar-refractivity contribution in [2.24, 2.45) is 0 Å². The summed E-state index contributed by atoms with van der Waals surface area (Å²) in [6, 6.07) is 1.50. The number of hydrogen-bond donors (Lipinski definition) is 2. The lowest BCUT2D eigenvalue weighted by Crippen LogP contribution is -2.38. The summed E-state index contributed by atoms with van der Waals surface area (Å²) in [5, 5.41) is 11.1. The van der Waals surface area contributed by atoms with Crippen molar-refractivity contribution >= 4 is 12.0 Å². The SMILES string of the molecule is Cc1ccoc1CNC(=O)N(C)CCC(=O)O. The van der Waals surface area contributed by atoms with Crippen LogP contribution in [-0.4, -0.2) is 35.6 Å². The molecule has 0 aliphatic rings. The molecule has 2 amide bonds. The first-order valence-corrected chi connectivity index (χ1v) is 5.24. The van der Waals surface area contributed by atoms with E-state index in [1.807, 2.05) is 13.0 Å². The Balaban J connectivity index is 2.34. The number of amides is 2. The van der Waals surface area contributed by atoms with Crippen LogP contribution < -0.4 is 5.32 Å². The Labute approximate surface area is 99.2 Å². The average molecular weight is 240 g/mol. The third-order valence-electron chi connectivity index (χ3n) is 2.38. The molecule has 0 unspecified atom stereocenters. The average Bonchev–Trinajstić information content (AvgIpc) is 2.68. The maximum atomic E-state index is 11.5. The maximum absolute atomic E-state index is 11.5. The van der Waals surface area contributed by atoms with Crippen molar-refractivity contribution < 1.29 is 19.1 Å². The molecule has 2 N–H and O–H groups in total. The molecule has 1 aromatic heterocycles. The third-order valence-corrected chi connectivity index (χ3v) is 2.38. The zero-order valence-electron chi connectivity index (χ0n) is 9.90. The molecule has 94 valence electrons. The van der Waals surface area contributed by atoms with Crippen LogP contribution in [0.1, 0.15) is 17.7 Å². The zero-order chi connectivity index (χ0) is 12.8. The fourth-order valence-corrected chi connectivity index (χ4v) is 1.24. The smallest absolute Gasteiger partial charge is 0.317 e. The van der Waals surface area contributed by atoms with Gasteiger partial charge in [0.25, 0.3) is 0 Å². The molecule has 0 saturated heterocycles. The number of furan rings is 1. The highest BCUT2D eigenvalue weighted by Gasteiger charge is 2.10. The number of carboxylic acids is 1. The normalized spacial score (nSPS) is 10.0. The number of aliphatic carboxylic acids is 1. The highest BCUT2D eigenvalue weighted by molar-refractivity contribution is 5.74. The Kier molecular flexibility index (Phi) is 4.56. The maximum Gasteiger partial charge on any atom is 0.317 e. The minimum Gasteiger partial charge on any atom is -0.481 e. The second kappa shape index (κ2) is 5.93. The number of nitrogens with one attached hydrogen (secondary N) is 1. The summed E-state index contributed by atoms with van der Waals surface area (Å²) in [5.74, 6) is -0.225. The molecule has 1 aromatic rings. The van der Waals surface area contributed by atoms with E-state index >= 15 is 0 Å². The van der Waals surface area contributed by atoms with Crippen molar-refractivity contribution in [3.05, 3.63) is 23.7 Å². The monoisotopic (exact) mass is 240 g/mol. The number of carbonyl (C=O) groups excluding carboxylic acids is 1. The van der Waals surface area contributed by atoms with Crippen molar-refractivity contribution in [1.82, 2.24) is 10.2 Å². The van der Waals surface area contributed by atoms with E-state index in [0.717, 1.165) is 5.56 Å². The number of hydrogen-bond acceptors (Lipinski definition) is 3. The van der Waals surface area contributed by atoms with Gasteiger partial charge < -0.3 is 19.7 Å². The fraction of sp³-hybridized carbons (Fsp3) is 0.455. The molecular weight excluding hydrogens is 224 g/mol. The highest BCUT2D eigenvalue weighted by Crippen LogP contribution is 2.07. The van der Waals surface area contributed by atoms with E-state index in [9.17, 15) is 9.59 Å². The van der Waals surface area contributed by atoms with Crippen LogP contribution in [0.5, 0.6) is 0 Å². The second-order valence-electron chi connectivity index (χ2n) is 3.75. The van der Waals surface area contributed by atoms with Gasteiger partial charge in [-0.3, -0.25) is 4.79 Å². The van der Waals surface area contributed by atoms with Gasteiger partial charge in [0.1, 0.15) is 5.76 Å². The highest BCUT2D eigenvalue weighted by atomic mass is 16.4. The molecule has 0 aliphatic carbocycles. The van der Waals surface area contributed by atoms with Gasteiger partial charge in [-0.15, -0.1) is 0 Å². The fourth-order valence-electron chi connectivity index (χ4n) is 1.24. The van der Waals surface area contributed by atoms with E-state index in [4.69, 9.17) is 9.52 Å². The predicted molar refractivity (Wildman–Crippen MR) is 60.6 cm³/mol. The number of aryl methyl sites for hydroxylation is 1. The minimum absolute atomic E-state index is 0.0658. The Morgan fingerprint density at radius 1 is 1.53 bits per heavy atom. The largest absolute Gasteiger partial charge is 0.481 e. The van der Waals surface area contributed by atoms with Crippen molar-refractivity contribution in [2.45, 2.75) is 19.9 Å². The van der Waals surface area contributed by atoms with Gasteiger partial charge in [-0.25, -0.2) is 4.79 Å². The van der Waals surface area contributed by atoms with Crippen LogP contribution in [-0.2, 0) is 11.3 Å². The predicted octanol–water partition coefficient (Wildman–Crippen LogP) is 1.20. The molecule has 1 heterocycles. The van der Waals surface area contributed by atoms with E-state index in [1.54, 1.807) is 13.3 Å². The molecular formula is C11H16N2O4. The third kappa shape index (κ3) is 4.18. The standard InChI is InChI=1S/C11H16N2O4/c1-8-4-6-17-9(8)7-12-11(16)13(2)5-3-10(14)15/h4,6H,3,5,7H2,1-2H3,(H,12,16)(H,14,15). The lowest BCUT2D eigenvalue weighted by atomic mass is 10.3. The van der Waals surface area contributed by atoms with E-state index < -0.39 is 5.97 Å². The summed E-state index contributed by atoms with van der Waals surface area (Å²) >= 11 is 0. The van der Waals surface area contributed by atoms with Crippen molar-refractivity contribution in [3.63, 3.8) is 0 Å². The first-order chi connectivity index (χ1) is 8.00. The van der Waals surface area contributed by atoms with E-state index in [2.05, 4.69) is 5.32 Å². The molecule has 17 heavy (non-hydrogen) atoms. The zero-order valence-corrected chi connectivity index (χ0v) is 9.90. The molecule has 6 heteroatoms. The molecule has 0 spiro atoms. The van der Waals surface area contributed by atoms with E-state index in [0.29, 0.717) is 12.3 Å². The Morgan fingerprint density at radius 2 is 2.24 bits per heavy atom. The summed E-state index contributed by atoms with van der Waals surface area (Å²) < 4.78 is 5.17. The summed E-state index contributed by atoms with van der Waals surface area (Å²) in [7, 11) is 1.55. The van der Waals surface area contributed by atoms with Gasteiger partial charge in [0, 0.05) is 13.6 Å². The van der Waals surface area contributed by atoms with Crippen LogP contribution in [0.15, 0.2) is 16.7 Å². The van der Waals surface area contributed by atoms with Gasteiger partial charge in [-0.2, -0.15) is 0 Å².